The minimum absolute atomic E-state index is 0.0394. The third kappa shape index (κ3) is 3.19. The molecule has 0 spiro atoms. The SMILES string of the molecule is N#Cc1ccc(NC(=O)c2ccc([N+](=O)[O-])c(F)c2)cc1. The van der Waals surface area contributed by atoms with E-state index in [0.29, 0.717) is 11.3 Å². The number of hydrogen-bond donors (Lipinski definition) is 1. The first-order valence-electron chi connectivity index (χ1n) is 5.76. The molecule has 2 rings (SSSR count). The molecule has 1 amide bonds. The Balaban J connectivity index is 2.18. The highest BCUT2D eigenvalue weighted by molar-refractivity contribution is 6.04. The molecule has 7 heteroatoms. The van der Waals surface area contributed by atoms with Crippen LogP contribution in [-0.2, 0) is 0 Å². The first kappa shape index (κ1) is 14.1. The van der Waals surface area contributed by atoms with Crippen molar-refractivity contribution in [2.24, 2.45) is 0 Å². The Hall–Kier alpha value is -3.27. The smallest absolute Gasteiger partial charge is 0.304 e. The maximum Gasteiger partial charge on any atom is 0.304 e. The fourth-order valence-corrected chi connectivity index (χ4v) is 1.63. The molecule has 0 unspecified atom stereocenters. The number of carbonyl (C=O) groups is 1. The minimum atomic E-state index is -1.08. The number of nitrogens with zero attached hydrogens (tertiary/aromatic N) is 2. The number of amides is 1. The third-order valence-electron chi connectivity index (χ3n) is 2.68. The molecule has 0 heterocycles. The molecule has 21 heavy (non-hydrogen) atoms. The Morgan fingerprint density at radius 2 is 1.90 bits per heavy atom. The van der Waals surface area contributed by atoms with E-state index in [1.54, 1.807) is 0 Å². The van der Waals surface area contributed by atoms with Gasteiger partial charge in [0.1, 0.15) is 0 Å². The standard InChI is InChI=1S/C14H8FN3O3/c15-12-7-10(3-6-13(12)18(20)21)14(19)17-11-4-1-9(8-16)2-5-11/h1-7H,(H,17,19). The summed E-state index contributed by atoms with van der Waals surface area (Å²) < 4.78 is 13.4. The van der Waals surface area contributed by atoms with Gasteiger partial charge in [0.25, 0.3) is 5.91 Å². The van der Waals surface area contributed by atoms with Gasteiger partial charge >= 0.3 is 5.69 Å². The zero-order valence-corrected chi connectivity index (χ0v) is 10.5. The van der Waals surface area contributed by atoms with Crippen LogP contribution in [0.2, 0.25) is 0 Å². The Bertz CT molecular complexity index is 751. The van der Waals surface area contributed by atoms with Crippen molar-refractivity contribution >= 4 is 17.3 Å². The molecule has 0 aromatic heterocycles. The van der Waals surface area contributed by atoms with Crippen molar-refractivity contribution in [1.82, 2.24) is 0 Å². The van der Waals surface area contributed by atoms with E-state index in [2.05, 4.69) is 5.32 Å². The van der Waals surface area contributed by atoms with E-state index in [1.807, 2.05) is 6.07 Å². The van der Waals surface area contributed by atoms with Crippen molar-refractivity contribution in [2.75, 3.05) is 5.32 Å². The van der Waals surface area contributed by atoms with Gasteiger partial charge in [-0.2, -0.15) is 9.65 Å². The molecule has 0 atom stereocenters. The van der Waals surface area contributed by atoms with E-state index in [1.165, 1.54) is 30.3 Å². The molecule has 0 saturated carbocycles. The summed E-state index contributed by atoms with van der Waals surface area (Å²) >= 11 is 0. The van der Waals surface area contributed by atoms with E-state index >= 15 is 0 Å². The lowest BCUT2D eigenvalue weighted by molar-refractivity contribution is -0.387. The number of nitriles is 1. The largest absolute Gasteiger partial charge is 0.322 e. The molecule has 0 fully saturated rings. The summed E-state index contributed by atoms with van der Waals surface area (Å²) in [7, 11) is 0. The van der Waals surface area contributed by atoms with Crippen molar-refractivity contribution in [3.63, 3.8) is 0 Å². The lowest BCUT2D eigenvalue weighted by Crippen LogP contribution is -2.12. The fraction of sp³-hybridized carbons (Fsp3) is 0. The number of nitro benzene ring substituents is 1. The van der Waals surface area contributed by atoms with Crippen molar-refractivity contribution in [1.29, 1.82) is 5.26 Å². The van der Waals surface area contributed by atoms with Gasteiger partial charge in [-0.3, -0.25) is 14.9 Å². The second kappa shape index (κ2) is 5.79. The average molecular weight is 285 g/mol. The highest BCUT2D eigenvalue weighted by Gasteiger charge is 2.16. The Morgan fingerprint density at radius 3 is 2.43 bits per heavy atom. The molecule has 0 aliphatic rings. The predicted molar refractivity (Wildman–Crippen MR) is 72.2 cm³/mol. The first-order valence-corrected chi connectivity index (χ1v) is 5.76. The van der Waals surface area contributed by atoms with Crippen LogP contribution in [0, 0.1) is 27.3 Å². The number of rotatable bonds is 3. The van der Waals surface area contributed by atoms with Gasteiger partial charge in [0.05, 0.1) is 16.6 Å². The molecule has 2 aromatic carbocycles. The van der Waals surface area contributed by atoms with Gasteiger partial charge in [-0.15, -0.1) is 0 Å². The van der Waals surface area contributed by atoms with Crippen LogP contribution in [0.3, 0.4) is 0 Å². The maximum atomic E-state index is 13.4. The molecule has 2 aromatic rings. The van der Waals surface area contributed by atoms with Crippen LogP contribution in [0.5, 0.6) is 0 Å². The Labute approximate surface area is 118 Å². The van der Waals surface area contributed by atoms with Gasteiger partial charge in [-0.05, 0) is 36.4 Å². The van der Waals surface area contributed by atoms with Crippen molar-refractivity contribution in [3.8, 4) is 6.07 Å². The molecular formula is C14H8FN3O3. The summed E-state index contributed by atoms with van der Waals surface area (Å²) in [4.78, 5) is 21.5. The lowest BCUT2D eigenvalue weighted by atomic mass is 10.1. The van der Waals surface area contributed by atoms with E-state index in [9.17, 15) is 19.3 Å². The summed E-state index contributed by atoms with van der Waals surface area (Å²) in [6.07, 6.45) is 0. The van der Waals surface area contributed by atoms with Gasteiger partial charge in [-0.25, -0.2) is 0 Å². The second-order valence-corrected chi connectivity index (χ2v) is 4.07. The van der Waals surface area contributed by atoms with E-state index < -0.39 is 22.3 Å². The molecule has 1 N–H and O–H groups in total. The highest BCUT2D eigenvalue weighted by atomic mass is 19.1. The average Bonchev–Trinajstić information content (AvgIpc) is 2.47. The number of benzene rings is 2. The van der Waals surface area contributed by atoms with Gasteiger partial charge < -0.3 is 5.32 Å². The molecule has 6 nitrogen and oxygen atoms in total. The number of carbonyl (C=O) groups excluding carboxylic acids is 1. The number of nitrogens with one attached hydrogen (secondary N) is 1. The number of nitro groups is 1. The van der Waals surface area contributed by atoms with Crippen LogP contribution in [0.15, 0.2) is 42.5 Å². The van der Waals surface area contributed by atoms with Gasteiger partial charge in [0, 0.05) is 17.3 Å². The van der Waals surface area contributed by atoms with E-state index in [4.69, 9.17) is 5.26 Å². The van der Waals surface area contributed by atoms with E-state index in [0.717, 1.165) is 12.1 Å². The molecule has 0 radical (unpaired) electrons. The van der Waals surface area contributed by atoms with Crippen molar-refractivity contribution in [2.45, 2.75) is 0 Å². The molecule has 0 aliphatic carbocycles. The molecule has 0 saturated heterocycles. The zero-order chi connectivity index (χ0) is 15.4. The minimum Gasteiger partial charge on any atom is -0.322 e. The topological polar surface area (TPSA) is 96.0 Å². The summed E-state index contributed by atoms with van der Waals surface area (Å²) in [5.41, 5.74) is 0.138. The predicted octanol–water partition coefficient (Wildman–Crippen LogP) is 2.86. The molecule has 0 bridgehead atoms. The summed E-state index contributed by atoms with van der Waals surface area (Å²) in [6.45, 7) is 0. The summed E-state index contributed by atoms with van der Waals surface area (Å²) in [5.74, 6) is -1.68. The van der Waals surface area contributed by atoms with Crippen molar-refractivity contribution in [3.05, 3.63) is 69.5 Å². The highest BCUT2D eigenvalue weighted by Crippen LogP contribution is 2.19. The van der Waals surface area contributed by atoms with Crippen molar-refractivity contribution < 1.29 is 14.1 Å². The molecular weight excluding hydrogens is 277 g/mol. The molecule has 0 aliphatic heterocycles. The Morgan fingerprint density at radius 1 is 1.24 bits per heavy atom. The van der Waals surface area contributed by atoms with Crippen LogP contribution >= 0.6 is 0 Å². The summed E-state index contributed by atoms with van der Waals surface area (Å²) in [6, 6.07) is 10.9. The normalized spacial score (nSPS) is 9.71. The van der Waals surface area contributed by atoms with Gasteiger partial charge in [0.15, 0.2) is 0 Å². The van der Waals surface area contributed by atoms with Crippen LogP contribution in [-0.4, -0.2) is 10.8 Å². The first-order chi connectivity index (χ1) is 10.0. The summed E-state index contributed by atoms with van der Waals surface area (Å²) in [5, 5.41) is 21.6. The quantitative estimate of drug-likeness (QED) is 0.692. The Kier molecular flexibility index (Phi) is 3.90. The maximum absolute atomic E-state index is 13.4. The number of anilines is 1. The van der Waals surface area contributed by atoms with E-state index in [-0.39, 0.29) is 5.56 Å². The monoisotopic (exact) mass is 285 g/mol. The van der Waals surface area contributed by atoms with Crippen LogP contribution < -0.4 is 5.32 Å². The molecule has 104 valence electrons. The van der Waals surface area contributed by atoms with Crippen LogP contribution in [0.4, 0.5) is 15.8 Å². The van der Waals surface area contributed by atoms with Gasteiger partial charge in [0.2, 0.25) is 5.82 Å². The number of hydrogen-bond acceptors (Lipinski definition) is 4. The number of halogens is 1. The zero-order valence-electron chi connectivity index (χ0n) is 10.5. The van der Waals surface area contributed by atoms with Crippen LogP contribution in [0.1, 0.15) is 15.9 Å². The third-order valence-corrected chi connectivity index (χ3v) is 2.68. The fourth-order valence-electron chi connectivity index (χ4n) is 1.63. The second-order valence-electron chi connectivity index (χ2n) is 4.07. The lowest BCUT2D eigenvalue weighted by Gasteiger charge is -2.05. The van der Waals surface area contributed by atoms with Crippen LogP contribution in [0.25, 0.3) is 0 Å². The van der Waals surface area contributed by atoms with Gasteiger partial charge in [-0.1, -0.05) is 0 Å².